The highest BCUT2D eigenvalue weighted by atomic mass is 35.5. The van der Waals surface area contributed by atoms with Crippen molar-refractivity contribution >= 4 is 84.9 Å². The van der Waals surface area contributed by atoms with E-state index in [9.17, 15) is 42.5 Å². The number of imide groups is 2. The van der Waals surface area contributed by atoms with E-state index in [-0.39, 0.29) is 46.9 Å². The number of fused-ring (bicyclic) bond motifs is 2. The number of benzene rings is 5. The molecule has 12 rings (SSSR count). The van der Waals surface area contributed by atoms with E-state index in [0.29, 0.717) is 107 Å². The Balaban J connectivity index is 0.659. The molecule has 0 radical (unpaired) electrons. The van der Waals surface area contributed by atoms with E-state index in [1.54, 1.807) is 42.6 Å². The molecule has 7 heterocycles. The van der Waals surface area contributed by atoms with Crippen LogP contribution in [0.15, 0.2) is 126 Å². The second-order valence-corrected chi connectivity index (χ2v) is 25.0. The molecule has 4 saturated heterocycles. The van der Waals surface area contributed by atoms with E-state index >= 15 is 0 Å². The Morgan fingerprint density at radius 2 is 1.60 bits per heavy atom. The maximum atomic E-state index is 14.1. The van der Waals surface area contributed by atoms with Gasteiger partial charge in [-0.05, 0) is 103 Å². The van der Waals surface area contributed by atoms with Crippen LogP contribution in [0.2, 0.25) is 5.02 Å². The number of nitro groups is 1. The van der Waals surface area contributed by atoms with Gasteiger partial charge in [-0.15, -0.1) is 0 Å². The highest BCUT2D eigenvalue weighted by molar-refractivity contribution is 7.90. The number of hydrogen-bond donors (Lipinski definition) is 5. The Labute approximate surface area is 523 Å². The number of amides is 5. The molecule has 90 heavy (non-hydrogen) atoms. The lowest BCUT2D eigenvalue weighted by Gasteiger charge is -2.39. The third kappa shape index (κ3) is 13.8. The third-order valence-corrected chi connectivity index (χ3v) is 18.5. The Bertz CT molecular complexity index is 4000. The van der Waals surface area contributed by atoms with Gasteiger partial charge in [0.25, 0.3) is 33.4 Å². The molecule has 0 spiro atoms. The van der Waals surface area contributed by atoms with Crippen LogP contribution in [0.1, 0.15) is 62.3 Å². The molecule has 1 atom stereocenters. The SMILES string of the molecule is O=C1CCC(N2C(=O)c3cccc(NCCOCCN4CC(COc5cccc(-c6ccc(Cl)cc6)c5CN5CCN(c6ccc(C(=O)NS(=O)(=O)c7ccc(NCC8CCOCC8)c([N+](=O)[O-])c7)c(Oc7cnc8[nH]ccc8c7)c6)CC5)C4)c3C2=O)C(=O)N1. The van der Waals surface area contributed by atoms with Crippen LogP contribution in [0.25, 0.3) is 22.2 Å². The van der Waals surface area contributed by atoms with Gasteiger partial charge in [-0.2, -0.15) is 0 Å². The number of piperidine rings is 1. The van der Waals surface area contributed by atoms with E-state index in [1.165, 1.54) is 24.4 Å². The van der Waals surface area contributed by atoms with E-state index < -0.39 is 61.1 Å². The predicted molar refractivity (Wildman–Crippen MR) is 335 cm³/mol. The lowest BCUT2D eigenvalue weighted by molar-refractivity contribution is -0.384. The number of rotatable bonds is 24. The number of likely N-dealkylation sites (tertiary alicyclic amines) is 1. The first-order chi connectivity index (χ1) is 43.6. The molecule has 2 aromatic heterocycles. The summed E-state index contributed by atoms with van der Waals surface area (Å²) in [6.45, 7) is 8.86. The number of anilines is 3. The average Bonchev–Trinajstić information content (AvgIpc) is 1.76. The first-order valence-electron chi connectivity index (χ1n) is 29.9. The number of carbonyl (C=O) groups excluding carboxylic acids is 5. The van der Waals surface area contributed by atoms with E-state index in [4.69, 9.17) is 30.5 Å². The molecule has 0 bridgehead atoms. The van der Waals surface area contributed by atoms with E-state index in [2.05, 4.69) is 51.4 Å². The first kappa shape index (κ1) is 61.3. The molecule has 5 aliphatic heterocycles. The molecule has 5 amide bonds. The maximum absolute atomic E-state index is 14.1. The maximum Gasteiger partial charge on any atom is 0.293 e. The minimum Gasteiger partial charge on any atom is -0.493 e. The predicted octanol–water partition coefficient (Wildman–Crippen LogP) is 7.70. The summed E-state index contributed by atoms with van der Waals surface area (Å²) in [5, 5.41) is 22.1. The van der Waals surface area contributed by atoms with Gasteiger partial charge in [0.2, 0.25) is 11.8 Å². The summed E-state index contributed by atoms with van der Waals surface area (Å²) in [5.74, 6) is -1.53. The molecule has 5 aliphatic rings. The van der Waals surface area contributed by atoms with E-state index in [1.807, 2.05) is 42.5 Å². The number of nitrogens with zero attached hydrogens (tertiary/aromatic N) is 6. The zero-order valence-electron chi connectivity index (χ0n) is 49.0. The number of hydrogen-bond acceptors (Lipinski definition) is 19. The molecular weight excluding hydrogens is 1200 g/mol. The largest absolute Gasteiger partial charge is 0.493 e. The van der Waals surface area contributed by atoms with Crippen molar-refractivity contribution in [3.8, 4) is 28.4 Å². The molecular formula is C64H66ClN11O13S. The van der Waals surface area contributed by atoms with Crippen LogP contribution in [0.4, 0.5) is 22.7 Å². The smallest absolute Gasteiger partial charge is 0.293 e. The second kappa shape index (κ2) is 27.0. The van der Waals surface area contributed by atoms with Crippen LogP contribution in [-0.4, -0.2) is 166 Å². The van der Waals surface area contributed by atoms with Gasteiger partial charge >= 0.3 is 0 Å². The minimum atomic E-state index is -4.63. The fraction of sp³-hybridized carbons (Fsp3) is 0.344. The Morgan fingerprint density at radius 3 is 2.39 bits per heavy atom. The summed E-state index contributed by atoms with van der Waals surface area (Å²) in [5.41, 5.74) is 4.93. The zero-order chi connectivity index (χ0) is 62.5. The number of sulfonamides is 1. The van der Waals surface area contributed by atoms with Crippen molar-refractivity contribution in [2.45, 2.75) is 43.2 Å². The van der Waals surface area contributed by atoms with Gasteiger partial charge in [0.1, 0.15) is 34.6 Å². The summed E-state index contributed by atoms with van der Waals surface area (Å²) in [4.78, 5) is 91.5. The highest BCUT2D eigenvalue weighted by Gasteiger charge is 2.46. The van der Waals surface area contributed by atoms with Gasteiger partial charge in [0.05, 0.1) is 52.5 Å². The van der Waals surface area contributed by atoms with Crippen molar-refractivity contribution in [3.05, 3.63) is 159 Å². The number of ether oxygens (including phenoxy) is 4. The van der Waals surface area contributed by atoms with Gasteiger partial charge in [0.15, 0.2) is 0 Å². The Kier molecular flexibility index (Phi) is 18.4. The summed E-state index contributed by atoms with van der Waals surface area (Å²) >= 11 is 6.36. The molecule has 1 unspecified atom stereocenters. The molecule has 5 aromatic carbocycles. The number of halogens is 1. The summed E-state index contributed by atoms with van der Waals surface area (Å²) in [6, 6.07) is 29.8. The molecule has 7 aromatic rings. The van der Waals surface area contributed by atoms with Crippen molar-refractivity contribution in [1.82, 2.24) is 34.7 Å². The molecule has 0 aliphatic carbocycles. The number of H-pyrrole nitrogens is 1. The number of aromatic nitrogens is 2. The fourth-order valence-electron chi connectivity index (χ4n) is 12.0. The average molecular weight is 1260 g/mol. The molecule has 468 valence electrons. The van der Waals surface area contributed by atoms with Crippen LogP contribution in [0, 0.1) is 22.0 Å². The normalized spacial score (nSPS) is 17.7. The number of nitrogens with one attached hydrogen (secondary N) is 5. The molecule has 5 N–H and O–H groups in total. The number of carbonyl (C=O) groups is 5. The van der Waals surface area contributed by atoms with E-state index in [0.717, 1.165) is 77.0 Å². The van der Waals surface area contributed by atoms with Crippen LogP contribution in [-0.2, 0) is 35.6 Å². The van der Waals surface area contributed by atoms with Crippen molar-refractivity contribution in [3.63, 3.8) is 0 Å². The van der Waals surface area contributed by atoms with Gasteiger partial charge < -0.3 is 44.4 Å². The molecule has 24 nitrogen and oxygen atoms in total. The quantitative estimate of drug-likeness (QED) is 0.0168. The second-order valence-electron chi connectivity index (χ2n) is 22.9. The molecule has 0 saturated carbocycles. The third-order valence-electron chi connectivity index (χ3n) is 16.9. The van der Waals surface area contributed by atoms with Crippen molar-refractivity contribution < 1.29 is 56.3 Å². The van der Waals surface area contributed by atoms with Gasteiger partial charge in [-0.1, -0.05) is 41.9 Å². The van der Waals surface area contributed by atoms with Crippen molar-refractivity contribution in [2.75, 3.05) is 107 Å². The fourth-order valence-corrected chi connectivity index (χ4v) is 13.2. The van der Waals surface area contributed by atoms with Crippen LogP contribution in [0.5, 0.6) is 17.2 Å². The minimum absolute atomic E-state index is 0.0426. The van der Waals surface area contributed by atoms with Crippen molar-refractivity contribution in [2.24, 2.45) is 11.8 Å². The summed E-state index contributed by atoms with van der Waals surface area (Å²) < 4.78 is 54.3. The summed E-state index contributed by atoms with van der Waals surface area (Å²) in [6.07, 6.45) is 4.96. The number of pyridine rings is 1. The van der Waals surface area contributed by atoms with Gasteiger partial charge in [0, 0.05) is 137 Å². The highest BCUT2D eigenvalue weighted by Crippen LogP contribution is 2.38. The first-order valence-corrected chi connectivity index (χ1v) is 31.8. The molecule has 26 heteroatoms. The zero-order valence-corrected chi connectivity index (χ0v) is 50.6. The monoisotopic (exact) mass is 1260 g/mol. The van der Waals surface area contributed by atoms with Gasteiger partial charge in [-0.3, -0.25) is 49.2 Å². The van der Waals surface area contributed by atoms with Crippen LogP contribution < -0.4 is 35.0 Å². The van der Waals surface area contributed by atoms with Crippen molar-refractivity contribution in [1.29, 1.82) is 0 Å². The standard InChI is InChI=1S/C64H66ClN11O13S/c65-44-9-7-42(8-10-44)48-3-2-6-56(88-39-41-36-73(37-41)26-30-87-29-21-66-53-5-1-4-50-59(53)64(81)75(63(50)80)54-15-16-58(77)70-62(54)79)51(48)38-72-22-24-74(25-23-72)45-11-13-49(57(32-45)89-46-31-43-17-20-67-60(43)69-35-46)61(78)71-90(84,85)47-12-14-52(55(33-47)76(82)83)68-34-40-18-27-86-28-19-40/h1-14,17,20,31-33,35,40-41,54,66,68H,15-16,18-19,21-30,34,36-39H2,(H,67,69)(H,71,78)(H,70,77,79). The number of nitro benzene ring substituents is 1. The van der Waals surface area contributed by atoms with Gasteiger partial charge in [-0.25, -0.2) is 18.1 Å². The van der Waals surface area contributed by atoms with Crippen LogP contribution in [0.3, 0.4) is 0 Å². The van der Waals surface area contributed by atoms with Crippen LogP contribution >= 0.6 is 11.6 Å². The lowest BCUT2D eigenvalue weighted by Crippen LogP contribution is -2.54. The Hall–Kier alpha value is -8.98. The number of aromatic amines is 1. The molecule has 4 fully saturated rings. The lowest BCUT2D eigenvalue weighted by atomic mass is 9.97. The summed E-state index contributed by atoms with van der Waals surface area (Å²) in [7, 11) is -4.63. The number of piperazine rings is 1. The Morgan fingerprint density at radius 1 is 0.811 bits per heavy atom. The topological polar surface area (TPSA) is 289 Å².